The standard InChI is InChI=1S/C17H19ClFN3O2/c1-23-17(5-8-24-9-6-17)11-21-16-14(19)2-3-15(22-16)12-4-7-20-10-13(12)18/h2-4,7,10H,5-6,8-9,11H2,1H3,(H,21,22). The molecule has 1 saturated heterocycles. The molecule has 0 unspecified atom stereocenters. The highest BCUT2D eigenvalue weighted by atomic mass is 35.5. The second-order valence-corrected chi connectivity index (χ2v) is 6.14. The van der Waals surface area contributed by atoms with E-state index in [2.05, 4.69) is 15.3 Å². The Balaban J connectivity index is 1.81. The number of ether oxygens (including phenoxy) is 2. The summed E-state index contributed by atoms with van der Waals surface area (Å²) in [6, 6.07) is 4.73. The second kappa shape index (κ2) is 7.42. The van der Waals surface area contributed by atoms with E-state index in [-0.39, 0.29) is 11.4 Å². The summed E-state index contributed by atoms with van der Waals surface area (Å²) >= 11 is 6.14. The van der Waals surface area contributed by atoms with E-state index < -0.39 is 5.82 Å². The van der Waals surface area contributed by atoms with Gasteiger partial charge >= 0.3 is 0 Å². The number of nitrogens with one attached hydrogen (secondary N) is 1. The number of rotatable bonds is 5. The highest BCUT2D eigenvalue weighted by Crippen LogP contribution is 2.28. The minimum atomic E-state index is -0.415. The molecule has 1 aliphatic heterocycles. The van der Waals surface area contributed by atoms with Crippen molar-refractivity contribution in [3.8, 4) is 11.3 Å². The Morgan fingerprint density at radius 3 is 2.83 bits per heavy atom. The SMILES string of the molecule is COC1(CNc2nc(-c3ccncc3Cl)ccc2F)CCOCC1. The molecule has 128 valence electrons. The molecule has 1 fully saturated rings. The fourth-order valence-corrected chi connectivity index (χ4v) is 2.96. The molecule has 2 aromatic rings. The van der Waals surface area contributed by atoms with Crippen molar-refractivity contribution >= 4 is 17.4 Å². The summed E-state index contributed by atoms with van der Waals surface area (Å²) in [7, 11) is 1.67. The van der Waals surface area contributed by atoms with Gasteiger partial charge in [0.25, 0.3) is 0 Å². The van der Waals surface area contributed by atoms with Crippen LogP contribution in [0.15, 0.2) is 30.6 Å². The molecule has 7 heteroatoms. The molecule has 5 nitrogen and oxygen atoms in total. The van der Waals surface area contributed by atoms with E-state index in [1.54, 1.807) is 25.4 Å². The zero-order valence-electron chi connectivity index (χ0n) is 13.4. The number of hydrogen-bond acceptors (Lipinski definition) is 5. The molecule has 24 heavy (non-hydrogen) atoms. The Morgan fingerprint density at radius 1 is 1.33 bits per heavy atom. The van der Waals surface area contributed by atoms with Gasteiger partial charge < -0.3 is 14.8 Å². The molecule has 3 rings (SSSR count). The van der Waals surface area contributed by atoms with Gasteiger partial charge in [0.15, 0.2) is 11.6 Å². The van der Waals surface area contributed by atoms with E-state index in [1.807, 2.05) is 0 Å². The van der Waals surface area contributed by atoms with Crippen LogP contribution >= 0.6 is 11.6 Å². The molecule has 1 N–H and O–H groups in total. The van der Waals surface area contributed by atoms with Crippen LogP contribution in [0, 0.1) is 5.82 Å². The number of anilines is 1. The molecule has 0 amide bonds. The predicted octanol–water partition coefficient (Wildman–Crippen LogP) is 3.54. The van der Waals surface area contributed by atoms with Crippen LogP contribution in [0.5, 0.6) is 0 Å². The molecule has 0 saturated carbocycles. The third-order valence-electron chi connectivity index (χ3n) is 4.31. The first kappa shape index (κ1) is 17.1. The molecule has 3 heterocycles. The van der Waals surface area contributed by atoms with Crippen LogP contribution in [0.3, 0.4) is 0 Å². The molecule has 0 atom stereocenters. The molecule has 0 bridgehead atoms. The zero-order chi connectivity index (χ0) is 17.0. The van der Waals surface area contributed by atoms with Crippen molar-refractivity contribution in [3.63, 3.8) is 0 Å². The smallest absolute Gasteiger partial charge is 0.165 e. The highest BCUT2D eigenvalue weighted by molar-refractivity contribution is 6.33. The Labute approximate surface area is 145 Å². The first-order valence-electron chi connectivity index (χ1n) is 7.77. The minimum Gasteiger partial charge on any atom is -0.381 e. The normalized spacial score (nSPS) is 16.8. The maximum absolute atomic E-state index is 14.1. The molecule has 1 aliphatic rings. The third kappa shape index (κ3) is 3.66. The monoisotopic (exact) mass is 351 g/mol. The summed E-state index contributed by atoms with van der Waals surface area (Å²) in [6.07, 6.45) is 4.68. The van der Waals surface area contributed by atoms with Crippen LogP contribution in [0.25, 0.3) is 11.3 Å². The van der Waals surface area contributed by atoms with Crippen molar-refractivity contribution in [3.05, 3.63) is 41.4 Å². The van der Waals surface area contributed by atoms with Gasteiger partial charge in [0.05, 0.1) is 16.3 Å². The number of methoxy groups -OCH3 is 1. The summed E-state index contributed by atoms with van der Waals surface area (Å²) in [4.78, 5) is 8.32. The average Bonchev–Trinajstić information content (AvgIpc) is 2.62. The van der Waals surface area contributed by atoms with Gasteiger partial charge in [-0.1, -0.05) is 11.6 Å². The van der Waals surface area contributed by atoms with Gasteiger partial charge in [0, 0.05) is 57.7 Å². The summed E-state index contributed by atoms with van der Waals surface area (Å²) in [5, 5.41) is 3.55. The van der Waals surface area contributed by atoms with E-state index >= 15 is 0 Å². The largest absolute Gasteiger partial charge is 0.381 e. The predicted molar refractivity (Wildman–Crippen MR) is 90.7 cm³/mol. The van der Waals surface area contributed by atoms with Crippen LogP contribution in [0.4, 0.5) is 10.2 Å². The van der Waals surface area contributed by atoms with Crippen LogP contribution in [0.1, 0.15) is 12.8 Å². The van der Waals surface area contributed by atoms with Crippen molar-refractivity contribution in [2.75, 3.05) is 32.2 Å². The minimum absolute atomic E-state index is 0.184. The number of halogens is 2. The van der Waals surface area contributed by atoms with Gasteiger partial charge in [0.1, 0.15) is 0 Å². The fraction of sp³-hybridized carbons (Fsp3) is 0.412. The summed E-state index contributed by atoms with van der Waals surface area (Å²) < 4.78 is 25.2. The van der Waals surface area contributed by atoms with Crippen molar-refractivity contribution in [2.45, 2.75) is 18.4 Å². The molecular weight excluding hydrogens is 333 g/mol. The maximum atomic E-state index is 14.1. The quantitative estimate of drug-likeness (QED) is 0.892. The number of pyridine rings is 2. The number of aromatic nitrogens is 2. The lowest BCUT2D eigenvalue weighted by Crippen LogP contribution is -2.44. The molecule has 0 radical (unpaired) electrons. The van der Waals surface area contributed by atoms with Crippen molar-refractivity contribution < 1.29 is 13.9 Å². The van der Waals surface area contributed by atoms with Gasteiger partial charge in [-0.3, -0.25) is 4.98 Å². The second-order valence-electron chi connectivity index (χ2n) is 5.74. The van der Waals surface area contributed by atoms with Gasteiger partial charge in [-0.15, -0.1) is 0 Å². The van der Waals surface area contributed by atoms with Gasteiger partial charge in [0.2, 0.25) is 0 Å². The van der Waals surface area contributed by atoms with Crippen molar-refractivity contribution in [1.82, 2.24) is 9.97 Å². The molecular formula is C17H19ClFN3O2. The van der Waals surface area contributed by atoms with E-state index in [4.69, 9.17) is 21.1 Å². The molecule has 0 aliphatic carbocycles. The van der Waals surface area contributed by atoms with Crippen molar-refractivity contribution in [1.29, 1.82) is 0 Å². The lowest BCUT2D eigenvalue weighted by molar-refractivity contribution is -0.0807. The number of hydrogen-bond donors (Lipinski definition) is 1. The zero-order valence-corrected chi connectivity index (χ0v) is 14.1. The first-order valence-corrected chi connectivity index (χ1v) is 8.14. The van der Waals surface area contributed by atoms with E-state index in [0.717, 1.165) is 12.8 Å². The van der Waals surface area contributed by atoms with E-state index in [0.29, 0.717) is 36.0 Å². The lowest BCUT2D eigenvalue weighted by atomic mass is 9.94. The van der Waals surface area contributed by atoms with Gasteiger partial charge in [-0.2, -0.15) is 0 Å². The molecule has 0 spiro atoms. The Hall–Kier alpha value is -1.76. The first-order chi connectivity index (χ1) is 11.6. The summed E-state index contributed by atoms with van der Waals surface area (Å²) in [5.41, 5.74) is 0.934. The van der Waals surface area contributed by atoms with Crippen LogP contribution in [-0.2, 0) is 9.47 Å². The summed E-state index contributed by atoms with van der Waals surface area (Å²) in [6.45, 7) is 1.74. The Bertz CT molecular complexity index is 708. The van der Waals surface area contributed by atoms with Crippen LogP contribution in [-0.4, -0.2) is 42.4 Å². The average molecular weight is 352 g/mol. The van der Waals surface area contributed by atoms with Crippen LogP contribution in [0.2, 0.25) is 5.02 Å². The Kier molecular flexibility index (Phi) is 5.28. The molecule has 0 aromatic carbocycles. The number of nitrogens with zero attached hydrogens (tertiary/aromatic N) is 2. The summed E-state index contributed by atoms with van der Waals surface area (Å²) in [5.74, 6) is -0.231. The maximum Gasteiger partial charge on any atom is 0.165 e. The topological polar surface area (TPSA) is 56.3 Å². The van der Waals surface area contributed by atoms with Gasteiger partial charge in [-0.25, -0.2) is 9.37 Å². The lowest BCUT2D eigenvalue weighted by Gasteiger charge is -2.36. The Morgan fingerprint density at radius 2 is 2.12 bits per heavy atom. The van der Waals surface area contributed by atoms with Gasteiger partial charge in [-0.05, 0) is 18.2 Å². The van der Waals surface area contributed by atoms with Crippen molar-refractivity contribution in [2.24, 2.45) is 0 Å². The highest BCUT2D eigenvalue weighted by Gasteiger charge is 2.32. The van der Waals surface area contributed by atoms with E-state index in [1.165, 1.54) is 12.3 Å². The fourth-order valence-electron chi connectivity index (χ4n) is 2.74. The van der Waals surface area contributed by atoms with Crippen LogP contribution < -0.4 is 5.32 Å². The third-order valence-corrected chi connectivity index (χ3v) is 4.61. The molecule has 2 aromatic heterocycles. The van der Waals surface area contributed by atoms with E-state index in [9.17, 15) is 4.39 Å².